The topological polar surface area (TPSA) is 83.5 Å². The average Bonchev–Trinajstić information content (AvgIpc) is 2.77. The van der Waals surface area contributed by atoms with Gasteiger partial charge in [0.2, 0.25) is 0 Å². The Bertz CT molecular complexity index is 1280. The van der Waals surface area contributed by atoms with Crippen LogP contribution in [0.15, 0.2) is 71.6 Å². The van der Waals surface area contributed by atoms with E-state index in [1.807, 2.05) is 13.8 Å². The van der Waals surface area contributed by atoms with Crippen molar-refractivity contribution in [1.29, 1.82) is 0 Å². The van der Waals surface area contributed by atoms with E-state index >= 15 is 0 Å². The summed E-state index contributed by atoms with van der Waals surface area (Å²) in [5, 5.41) is 9.01. The number of anilines is 1. The molecule has 0 radical (unpaired) electrons. The Kier molecular flexibility index (Phi) is 7.35. The van der Waals surface area contributed by atoms with Crippen LogP contribution in [0.3, 0.4) is 0 Å². The molecular weight excluding hydrogens is 467 g/mol. The van der Waals surface area contributed by atoms with Gasteiger partial charge in [-0.3, -0.25) is 4.72 Å². The first-order valence-electron chi connectivity index (χ1n) is 10.5. The van der Waals surface area contributed by atoms with Crippen LogP contribution in [0.1, 0.15) is 52.4 Å². The van der Waals surface area contributed by atoms with Crippen molar-refractivity contribution in [3.05, 3.63) is 94.5 Å². The van der Waals surface area contributed by atoms with Gasteiger partial charge in [-0.1, -0.05) is 44.2 Å². The van der Waals surface area contributed by atoms with Gasteiger partial charge in [0.25, 0.3) is 10.0 Å². The van der Waals surface area contributed by atoms with Gasteiger partial charge in [-0.25, -0.2) is 13.2 Å². The van der Waals surface area contributed by atoms with Gasteiger partial charge in [0, 0.05) is 0 Å². The van der Waals surface area contributed by atoms with Crippen molar-refractivity contribution in [2.45, 2.75) is 43.7 Å². The van der Waals surface area contributed by atoms with Crippen LogP contribution in [0.25, 0.3) is 0 Å². The van der Waals surface area contributed by atoms with Crippen LogP contribution in [0.4, 0.5) is 18.9 Å². The van der Waals surface area contributed by atoms with Crippen LogP contribution in [-0.4, -0.2) is 19.5 Å². The Morgan fingerprint density at radius 2 is 1.62 bits per heavy atom. The summed E-state index contributed by atoms with van der Waals surface area (Å²) in [5.74, 6) is -1.16. The Labute approximate surface area is 196 Å². The van der Waals surface area contributed by atoms with E-state index in [1.54, 1.807) is 30.3 Å². The Hall–Kier alpha value is -3.33. The summed E-state index contributed by atoms with van der Waals surface area (Å²) in [4.78, 5) is 11.1. The molecule has 0 fully saturated rings. The molecule has 5 nitrogen and oxygen atoms in total. The molecule has 3 aromatic rings. The molecular formula is C25H24F3NO4S. The van der Waals surface area contributed by atoms with Gasteiger partial charge in [-0.2, -0.15) is 13.2 Å². The second-order valence-corrected chi connectivity index (χ2v) is 9.82. The maximum atomic E-state index is 13.3. The molecule has 2 N–H and O–H groups in total. The molecule has 0 spiro atoms. The van der Waals surface area contributed by atoms with Crippen molar-refractivity contribution in [3.8, 4) is 0 Å². The highest BCUT2D eigenvalue weighted by Crippen LogP contribution is 2.34. The van der Waals surface area contributed by atoms with Gasteiger partial charge in [-0.15, -0.1) is 0 Å². The van der Waals surface area contributed by atoms with Crippen molar-refractivity contribution >= 4 is 21.7 Å². The number of carboxylic acid groups (broad SMARTS) is 1. The number of rotatable bonds is 8. The molecule has 9 heteroatoms. The molecule has 34 heavy (non-hydrogen) atoms. The van der Waals surface area contributed by atoms with Crippen molar-refractivity contribution in [3.63, 3.8) is 0 Å². The van der Waals surface area contributed by atoms with Gasteiger partial charge in [0.15, 0.2) is 0 Å². The van der Waals surface area contributed by atoms with Gasteiger partial charge in [0.05, 0.1) is 21.7 Å². The van der Waals surface area contributed by atoms with Crippen molar-refractivity contribution in [2.75, 3.05) is 4.72 Å². The largest absolute Gasteiger partial charge is 0.478 e. The van der Waals surface area contributed by atoms with Crippen molar-refractivity contribution in [1.82, 2.24) is 0 Å². The summed E-state index contributed by atoms with van der Waals surface area (Å²) in [6, 6.07) is 15.4. The number of aromatic carboxylic acids is 1. The normalized spacial score (nSPS) is 12.1. The third kappa shape index (κ3) is 5.96. The third-order valence-electron chi connectivity index (χ3n) is 5.39. The van der Waals surface area contributed by atoms with E-state index in [-0.39, 0.29) is 34.0 Å². The predicted octanol–water partition coefficient (Wildman–Crippen LogP) is 6.11. The summed E-state index contributed by atoms with van der Waals surface area (Å²) >= 11 is 0. The minimum absolute atomic E-state index is 0.0636. The quantitative estimate of drug-likeness (QED) is 0.398. The molecule has 0 aliphatic rings. The maximum Gasteiger partial charge on any atom is 0.416 e. The molecule has 180 valence electrons. The van der Waals surface area contributed by atoms with E-state index in [0.717, 1.165) is 18.2 Å². The van der Waals surface area contributed by atoms with E-state index in [2.05, 4.69) is 4.72 Å². The molecule has 0 unspecified atom stereocenters. The van der Waals surface area contributed by atoms with Crippen molar-refractivity contribution in [2.24, 2.45) is 0 Å². The molecule has 3 aromatic carbocycles. The van der Waals surface area contributed by atoms with Crippen LogP contribution >= 0.6 is 0 Å². The zero-order chi connectivity index (χ0) is 25.1. The van der Waals surface area contributed by atoms with E-state index in [4.69, 9.17) is 5.11 Å². The monoisotopic (exact) mass is 491 g/mol. The second kappa shape index (κ2) is 9.89. The lowest BCUT2D eigenvalue weighted by Gasteiger charge is -2.18. The number of benzene rings is 3. The fourth-order valence-electron chi connectivity index (χ4n) is 3.57. The second-order valence-electron chi connectivity index (χ2n) is 8.17. The molecule has 0 saturated heterocycles. The third-order valence-corrected chi connectivity index (χ3v) is 6.83. The first-order chi connectivity index (χ1) is 15.9. The lowest BCUT2D eigenvalue weighted by atomic mass is 10.00. The van der Waals surface area contributed by atoms with Gasteiger partial charge in [-0.05, 0) is 71.8 Å². The van der Waals surface area contributed by atoms with E-state index < -0.39 is 27.7 Å². The SMILES string of the molecule is CC(C)c1ccccc1S(=O)(=O)Nc1ccc(C(F)(F)F)cc1CCc1ccc(C(=O)O)cc1. The highest BCUT2D eigenvalue weighted by atomic mass is 32.2. The lowest BCUT2D eigenvalue weighted by Crippen LogP contribution is -2.17. The van der Waals surface area contributed by atoms with Gasteiger partial charge < -0.3 is 5.11 Å². The van der Waals surface area contributed by atoms with Crippen LogP contribution in [0.5, 0.6) is 0 Å². The summed E-state index contributed by atoms with van der Waals surface area (Å²) in [5.41, 5.74) is 0.772. The fourth-order valence-corrected chi connectivity index (χ4v) is 5.04. The number of carbonyl (C=O) groups is 1. The number of sulfonamides is 1. The van der Waals surface area contributed by atoms with Crippen LogP contribution in [0, 0.1) is 0 Å². The lowest BCUT2D eigenvalue weighted by molar-refractivity contribution is -0.137. The highest BCUT2D eigenvalue weighted by molar-refractivity contribution is 7.92. The molecule has 3 rings (SSSR count). The van der Waals surface area contributed by atoms with Gasteiger partial charge >= 0.3 is 12.1 Å². The van der Waals surface area contributed by atoms with E-state index in [0.29, 0.717) is 17.5 Å². The molecule has 0 aromatic heterocycles. The number of aryl methyl sites for hydroxylation is 2. The summed E-state index contributed by atoms with van der Waals surface area (Å²) in [6.07, 6.45) is -4.18. The van der Waals surface area contributed by atoms with Crippen LogP contribution in [-0.2, 0) is 29.0 Å². The Balaban J connectivity index is 1.95. The zero-order valence-corrected chi connectivity index (χ0v) is 19.4. The number of hydrogen-bond donors (Lipinski definition) is 2. The van der Waals surface area contributed by atoms with E-state index in [9.17, 15) is 26.4 Å². The molecule has 0 bridgehead atoms. The number of hydrogen-bond acceptors (Lipinski definition) is 3. The average molecular weight is 492 g/mol. The smallest absolute Gasteiger partial charge is 0.416 e. The summed E-state index contributed by atoms with van der Waals surface area (Å²) in [7, 11) is -4.05. The predicted molar refractivity (Wildman–Crippen MR) is 124 cm³/mol. The maximum absolute atomic E-state index is 13.3. The molecule has 0 saturated carbocycles. The zero-order valence-electron chi connectivity index (χ0n) is 18.6. The van der Waals surface area contributed by atoms with Gasteiger partial charge in [0.1, 0.15) is 0 Å². The number of halogens is 3. The summed E-state index contributed by atoms with van der Waals surface area (Å²) in [6.45, 7) is 3.71. The van der Waals surface area contributed by atoms with Crippen molar-refractivity contribution < 1.29 is 31.5 Å². The Morgan fingerprint density at radius 3 is 2.21 bits per heavy atom. The minimum atomic E-state index is -4.58. The van der Waals surface area contributed by atoms with Crippen LogP contribution in [0.2, 0.25) is 0 Å². The molecule has 0 aliphatic heterocycles. The Morgan fingerprint density at radius 1 is 0.971 bits per heavy atom. The fraction of sp³-hybridized carbons (Fsp3) is 0.240. The molecule has 0 aliphatic carbocycles. The summed E-state index contributed by atoms with van der Waals surface area (Å²) < 4.78 is 68.8. The highest BCUT2D eigenvalue weighted by Gasteiger charge is 2.31. The standard InChI is InChI=1S/C25H24F3NO4S/c1-16(2)21-5-3-4-6-23(21)34(32,33)29-22-14-13-20(25(26,27)28)15-19(22)12-9-17-7-10-18(11-8-17)24(30)31/h3-8,10-11,13-16,29H,9,12H2,1-2H3,(H,30,31). The molecule has 0 atom stereocenters. The first kappa shape index (κ1) is 25.3. The molecule has 0 heterocycles. The molecule has 0 amide bonds. The number of alkyl halides is 3. The van der Waals surface area contributed by atoms with Crippen LogP contribution < -0.4 is 4.72 Å². The first-order valence-corrected chi connectivity index (χ1v) is 12.0. The number of carboxylic acids is 1. The minimum Gasteiger partial charge on any atom is -0.478 e. The number of nitrogens with one attached hydrogen (secondary N) is 1. The van der Waals surface area contributed by atoms with E-state index in [1.165, 1.54) is 18.2 Å².